The Balaban J connectivity index is 1.39. The molecule has 1 aliphatic heterocycles. The third-order valence-electron chi connectivity index (χ3n) is 8.05. The van der Waals surface area contributed by atoms with E-state index in [-0.39, 0.29) is 45.1 Å². The predicted octanol–water partition coefficient (Wildman–Crippen LogP) is 4.44. The zero-order valence-corrected chi connectivity index (χ0v) is 28.1. The molecule has 1 saturated heterocycles. The number of rotatable bonds is 20. The van der Waals surface area contributed by atoms with Crippen LogP contribution in [0, 0.1) is 5.92 Å². The first-order valence-corrected chi connectivity index (χ1v) is 16.6. The predicted molar refractivity (Wildman–Crippen MR) is 183 cm³/mol. The molecule has 264 valence electrons. The number of aliphatic hydroxyl groups is 1. The summed E-state index contributed by atoms with van der Waals surface area (Å²) in [5.41, 5.74) is 2.53. The van der Waals surface area contributed by atoms with Crippen molar-refractivity contribution in [3.05, 3.63) is 120 Å². The Morgan fingerprint density at radius 3 is 2.14 bits per heavy atom. The number of carbonyl (C=O) groups excluding carboxylic acids is 5. The van der Waals surface area contributed by atoms with E-state index in [0.29, 0.717) is 25.0 Å². The average molecular weight is 686 g/mol. The van der Waals surface area contributed by atoms with E-state index >= 15 is 0 Å². The number of hydrogen-bond donors (Lipinski definition) is 1. The Kier molecular flexibility index (Phi) is 15.0. The third kappa shape index (κ3) is 11.9. The lowest BCUT2D eigenvalue weighted by Crippen LogP contribution is -2.49. The molecule has 1 heterocycles. The minimum atomic E-state index is -1.61. The Labute approximate surface area is 291 Å². The molecule has 1 fully saturated rings. The number of cyclic esters (lactones) is 1. The van der Waals surface area contributed by atoms with Crippen molar-refractivity contribution in [3.8, 4) is 0 Å². The first-order valence-electron chi connectivity index (χ1n) is 16.6. The largest absolute Gasteiger partial charge is 0.453 e. The summed E-state index contributed by atoms with van der Waals surface area (Å²) in [6.07, 6.45) is -0.162. The minimum absolute atomic E-state index is 0.0196. The normalized spacial score (nSPS) is 16.1. The number of allylic oxidation sites excluding steroid dienone is 1. The Hall–Kier alpha value is -4.97. The highest BCUT2D eigenvalue weighted by molar-refractivity contribution is 6.04. The summed E-state index contributed by atoms with van der Waals surface area (Å²) < 4.78 is 22.0. The summed E-state index contributed by atoms with van der Waals surface area (Å²) in [4.78, 5) is 66.5. The van der Waals surface area contributed by atoms with Gasteiger partial charge in [0.1, 0.15) is 12.7 Å². The van der Waals surface area contributed by atoms with E-state index in [1.165, 1.54) is 0 Å². The van der Waals surface area contributed by atoms with E-state index < -0.39 is 47.9 Å². The van der Waals surface area contributed by atoms with Crippen LogP contribution in [0.4, 0.5) is 4.79 Å². The van der Waals surface area contributed by atoms with Gasteiger partial charge in [0.05, 0.1) is 31.8 Å². The monoisotopic (exact) mass is 685 g/mol. The molecule has 0 spiro atoms. The zero-order chi connectivity index (χ0) is 35.7. The minimum Gasteiger partial charge on any atom is -0.453 e. The van der Waals surface area contributed by atoms with Crippen LogP contribution in [0.2, 0.25) is 0 Å². The van der Waals surface area contributed by atoms with Gasteiger partial charge in [-0.2, -0.15) is 0 Å². The molecule has 1 N–H and O–H groups in total. The van der Waals surface area contributed by atoms with Gasteiger partial charge < -0.3 is 24.1 Å². The second-order valence-corrected chi connectivity index (χ2v) is 11.9. The van der Waals surface area contributed by atoms with Gasteiger partial charge in [-0.05, 0) is 48.1 Å². The maximum atomic E-state index is 14.2. The van der Waals surface area contributed by atoms with Gasteiger partial charge in [-0.25, -0.2) is 9.69 Å². The number of amides is 2. The molecule has 2 amide bonds. The molecule has 50 heavy (non-hydrogen) atoms. The molecule has 4 rings (SSSR count). The number of esters is 1. The van der Waals surface area contributed by atoms with Gasteiger partial charge in [-0.1, -0.05) is 91.0 Å². The third-order valence-corrected chi connectivity index (χ3v) is 8.05. The van der Waals surface area contributed by atoms with Crippen molar-refractivity contribution in [2.45, 2.75) is 57.5 Å². The van der Waals surface area contributed by atoms with Crippen molar-refractivity contribution in [2.75, 3.05) is 26.4 Å². The summed E-state index contributed by atoms with van der Waals surface area (Å²) in [5.74, 6) is -3.95. The van der Waals surface area contributed by atoms with Crippen molar-refractivity contribution in [1.29, 1.82) is 0 Å². The van der Waals surface area contributed by atoms with Gasteiger partial charge in [0.2, 0.25) is 5.91 Å². The first-order chi connectivity index (χ1) is 24.2. The second-order valence-electron chi connectivity index (χ2n) is 11.9. The number of ketones is 2. The Bertz CT molecular complexity index is 1580. The number of hydrogen-bond acceptors (Lipinski definition) is 10. The van der Waals surface area contributed by atoms with Crippen LogP contribution < -0.4 is 0 Å². The molecule has 0 saturated carbocycles. The lowest BCUT2D eigenvalue weighted by atomic mass is 9.89. The van der Waals surface area contributed by atoms with E-state index in [1.54, 1.807) is 30.3 Å². The van der Waals surface area contributed by atoms with Gasteiger partial charge in [-0.3, -0.25) is 19.2 Å². The molecular weight excluding hydrogens is 642 g/mol. The van der Waals surface area contributed by atoms with Crippen LogP contribution in [-0.4, -0.2) is 84.2 Å². The van der Waals surface area contributed by atoms with Crippen LogP contribution in [0.3, 0.4) is 0 Å². The SMILES string of the molecule is CC(=O)O[C@@H](C(=O)C=CC(=O)CCCOC[C@@H](CO)OCc1ccccc1)[C@@H](Cc1ccccc1)C(=O)N1C(=O)OC[C@H]1Cc1ccccc1. The highest BCUT2D eigenvalue weighted by Gasteiger charge is 2.45. The highest BCUT2D eigenvalue weighted by Crippen LogP contribution is 2.26. The maximum Gasteiger partial charge on any atom is 0.416 e. The van der Waals surface area contributed by atoms with Gasteiger partial charge >= 0.3 is 12.1 Å². The highest BCUT2D eigenvalue weighted by atomic mass is 16.6. The molecule has 3 aromatic carbocycles. The number of benzene rings is 3. The fourth-order valence-corrected chi connectivity index (χ4v) is 5.51. The molecule has 1 aliphatic rings. The summed E-state index contributed by atoms with van der Waals surface area (Å²) >= 11 is 0. The number of aliphatic hydroxyl groups excluding tert-OH is 1. The van der Waals surface area contributed by atoms with E-state index in [1.807, 2.05) is 60.7 Å². The molecule has 0 unspecified atom stereocenters. The van der Waals surface area contributed by atoms with Gasteiger partial charge in [-0.15, -0.1) is 0 Å². The molecule has 0 bridgehead atoms. The van der Waals surface area contributed by atoms with Gasteiger partial charge in [0.25, 0.3) is 0 Å². The van der Waals surface area contributed by atoms with E-state index in [2.05, 4.69) is 0 Å². The second kappa shape index (κ2) is 19.9. The standard InChI is InChI=1S/C39H43NO10/c1-28(42)50-37(36(44)20-19-33(43)18-11-21-47-27-34(24-41)48-25-31-16-9-4-10-17-31)35(23-30-14-7-3-8-15-30)38(45)40-32(26-49-39(40)46)22-29-12-5-2-6-13-29/h2-10,12-17,19-20,32,34-35,37,41H,11,18,21-27H2,1H3/t32-,34-,35-,37-/m1/s1. The summed E-state index contributed by atoms with van der Waals surface area (Å²) in [6, 6.07) is 27.1. The van der Waals surface area contributed by atoms with E-state index in [0.717, 1.165) is 35.1 Å². The molecule has 11 heteroatoms. The Morgan fingerprint density at radius 1 is 0.900 bits per heavy atom. The summed E-state index contributed by atoms with van der Waals surface area (Å²) in [6.45, 7) is 1.57. The number of nitrogens with zero attached hydrogens (tertiary/aromatic N) is 1. The molecule has 11 nitrogen and oxygen atoms in total. The molecule has 0 aromatic heterocycles. The van der Waals surface area contributed by atoms with Crippen LogP contribution >= 0.6 is 0 Å². The summed E-state index contributed by atoms with van der Waals surface area (Å²) in [7, 11) is 0. The van der Waals surface area contributed by atoms with E-state index in [4.69, 9.17) is 18.9 Å². The van der Waals surface area contributed by atoms with Crippen molar-refractivity contribution in [3.63, 3.8) is 0 Å². The topological polar surface area (TPSA) is 146 Å². The lowest BCUT2D eigenvalue weighted by molar-refractivity contribution is -0.158. The van der Waals surface area contributed by atoms with Gasteiger partial charge in [0, 0.05) is 20.0 Å². The number of ether oxygens (including phenoxy) is 4. The quantitative estimate of drug-likeness (QED) is 0.103. The van der Waals surface area contributed by atoms with Crippen molar-refractivity contribution in [2.24, 2.45) is 5.92 Å². The smallest absolute Gasteiger partial charge is 0.416 e. The maximum absolute atomic E-state index is 14.2. The molecule has 0 radical (unpaired) electrons. The van der Waals surface area contributed by atoms with Crippen molar-refractivity contribution in [1.82, 2.24) is 4.90 Å². The number of carbonyl (C=O) groups is 5. The molecule has 0 aliphatic carbocycles. The Morgan fingerprint density at radius 2 is 1.52 bits per heavy atom. The molecular formula is C39H43NO10. The van der Waals surface area contributed by atoms with Crippen LogP contribution in [0.15, 0.2) is 103 Å². The summed E-state index contributed by atoms with van der Waals surface area (Å²) in [5, 5.41) is 9.60. The van der Waals surface area contributed by atoms with Crippen LogP contribution in [0.25, 0.3) is 0 Å². The van der Waals surface area contributed by atoms with Crippen molar-refractivity contribution >= 4 is 29.5 Å². The van der Waals surface area contributed by atoms with Crippen LogP contribution in [0.5, 0.6) is 0 Å². The van der Waals surface area contributed by atoms with Crippen LogP contribution in [0.1, 0.15) is 36.5 Å². The fourth-order valence-electron chi connectivity index (χ4n) is 5.51. The molecule has 3 aromatic rings. The van der Waals surface area contributed by atoms with Gasteiger partial charge in [0.15, 0.2) is 17.7 Å². The average Bonchev–Trinajstić information content (AvgIpc) is 3.49. The van der Waals surface area contributed by atoms with Crippen LogP contribution in [-0.2, 0) is 57.6 Å². The molecule has 4 atom stereocenters. The lowest BCUT2D eigenvalue weighted by Gasteiger charge is -2.29. The van der Waals surface area contributed by atoms with E-state index in [9.17, 15) is 29.1 Å². The fraction of sp³-hybridized carbons (Fsp3) is 0.359. The first kappa shape index (κ1) is 37.8. The number of imide groups is 1. The zero-order valence-electron chi connectivity index (χ0n) is 28.1. The van der Waals surface area contributed by atoms with Crippen molar-refractivity contribution < 1.29 is 48.0 Å².